The van der Waals surface area contributed by atoms with Crippen LogP contribution in [0.1, 0.15) is 86.5 Å². The highest BCUT2D eigenvalue weighted by molar-refractivity contribution is 6.77. The molecule has 0 bridgehead atoms. The van der Waals surface area contributed by atoms with Crippen molar-refractivity contribution in [1.29, 1.82) is 0 Å². The second-order valence-corrected chi connectivity index (χ2v) is 19.2. The van der Waals surface area contributed by atoms with E-state index >= 15 is 0 Å². The molecule has 0 saturated heterocycles. The highest BCUT2D eigenvalue weighted by Gasteiger charge is 2.47. The lowest BCUT2D eigenvalue weighted by Crippen LogP contribution is -2.53. The molecular weight excluding hydrogens is 438 g/mol. The minimum Gasteiger partial charge on any atom is -0.479 e. The zero-order valence-electron chi connectivity index (χ0n) is 22.5. The first-order chi connectivity index (χ1) is 15.0. The number of rotatable bonds is 20. The Morgan fingerprint density at radius 2 is 1.25 bits per heavy atom. The summed E-state index contributed by atoms with van der Waals surface area (Å²) in [4.78, 5) is 11.9. The van der Waals surface area contributed by atoms with Crippen LogP contribution in [0.5, 0.6) is 0 Å². The van der Waals surface area contributed by atoms with E-state index in [0.717, 1.165) is 19.0 Å². The van der Waals surface area contributed by atoms with Crippen molar-refractivity contribution in [1.82, 2.24) is 5.32 Å². The van der Waals surface area contributed by atoms with Crippen LogP contribution >= 0.6 is 0 Å². The van der Waals surface area contributed by atoms with Gasteiger partial charge in [0.25, 0.3) is 0 Å². The van der Waals surface area contributed by atoms with Crippen LogP contribution in [0.4, 0.5) is 0 Å². The summed E-state index contributed by atoms with van der Waals surface area (Å²) in [6, 6.07) is 1.06. The molecule has 0 aromatic carbocycles. The van der Waals surface area contributed by atoms with Gasteiger partial charge in [0, 0.05) is 20.8 Å². The second-order valence-electron chi connectivity index (χ2n) is 10.2. The molecule has 0 saturated carbocycles. The predicted molar refractivity (Wildman–Crippen MR) is 139 cm³/mol. The third-order valence-corrected chi connectivity index (χ3v) is 16.1. The highest BCUT2D eigenvalue weighted by Crippen LogP contribution is 2.43. The SMILES string of the molecule is CO[Si](C)(CCCCCCCCCNCC(O[Si](C(C)C)(C(C)C)C(C)C)C(=O)O)OC. The topological polar surface area (TPSA) is 77.0 Å². The normalized spacial score (nSPS) is 14.0. The Labute approximate surface area is 200 Å². The van der Waals surface area contributed by atoms with Crippen molar-refractivity contribution in [3.8, 4) is 0 Å². The molecule has 0 aliphatic rings. The largest absolute Gasteiger partial charge is 0.479 e. The molecule has 0 aromatic rings. The number of carboxylic acids is 1. The molecule has 0 spiro atoms. The molecule has 0 heterocycles. The molecule has 2 N–H and O–H groups in total. The standard InChI is InChI=1S/C24H53NO5Si2/c1-20(2)32(21(3)4,22(5)6)30-23(24(26)27)19-25-17-15-13-11-10-12-14-16-18-31(9,28-7)29-8/h20-23,25H,10-19H2,1-9H3,(H,26,27). The fourth-order valence-corrected chi connectivity index (χ4v) is 11.9. The van der Waals surface area contributed by atoms with Gasteiger partial charge in [0.05, 0.1) is 0 Å². The van der Waals surface area contributed by atoms with Crippen LogP contribution in [0, 0.1) is 0 Å². The summed E-state index contributed by atoms with van der Waals surface area (Å²) in [6.45, 7) is 16.5. The van der Waals surface area contributed by atoms with Crippen LogP contribution in [0.25, 0.3) is 0 Å². The summed E-state index contributed by atoms with van der Waals surface area (Å²) in [5.74, 6) is -0.850. The predicted octanol–water partition coefficient (Wildman–Crippen LogP) is 6.32. The molecular formula is C24H53NO5Si2. The molecule has 0 amide bonds. The maximum atomic E-state index is 11.9. The van der Waals surface area contributed by atoms with E-state index in [9.17, 15) is 9.90 Å². The monoisotopic (exact) mass is 491 g/mol. The van der Waals surface area contributed by atoms with Gasteiger partial charge in [-0.1, -0.05) is 80.1 Å². The van der Waals surface area contributed by atoms with Crippen molar-refractivity contribution in [2.24, 2.45) is 0 Å². The molecule has 1 unspecified atom stereocenters. The maximum Gasteiger partial charge on any atom is 0.334 e. The summed E-state index contributed by atoms with van der Waals surface area (Å²) < 4.78 is 17.5. The molecule has 32 heavy (non-hydrogen) atoms. The van der Waals surface area contributed by atoms with Crippen LogP contribution < -0.4 is 5.32 Å². The average molecular weight is 492 g/mol. The van der Waals surface area contributed by atoms with E-state index in [4.69, 9.17) is 13.3 Å². The summed E-state index contributed by atoms with van der Waals surface area (Å²) in [5.41, 5.74) is 1.14. The Morgan fingerprint density at radius 1 is 0.812 bits per heavy atom. The third-order valence-electron chi connectivity index (χ3n) is 7.01. The zero-order valence-corrected chi connectivity index (χ0v) is 24.5. The van der Waals surface area contributed by atoms with Gasteiger partial charge in [0.2, 0.25) is 8.32 Å². The first-order valence-electron chi connectivity index (χ1n) is 12.7. The lowest BCUT2D eigenvalue weighted by atomic mass is 10.1. The summed E-state index contributed by atoms with van der Waals surface area (Å²) >= 11 is 0. The van der Waals surface area contributed by atoms with E-state index in [1.807, 2.05) is 0 Å². The molecule has 8 heteroatoms. The van der Waals surface area contributed by atoms with Gasteiger partial charge >= 0.3 is 14.5 Å². The number of unbranched alkanes of at least 4 members (excludes halogenated alkanes) is 6. The minimum atomic E-state index is -2.20. The van der Waals surface area contributed by atoms with E-state index in [1.54, 1.807) is 14.2 Å². The van der Waals surface area contributed by atoms with Gasteiger partial charge in [0.1, 0.15) is 0 Å². The molecule has 0 fully saturated rings. The van der Waals surface area contributed by atoms with Gasteiger partial charge in [-0.2, -0.15) is 0 Å². The van der Waals surface area contributed by atoms with Crippen molar-refractivity contribution >= 4 is 22.8 Å². The third kappa shape index (κ3) is 10.8. The number of nitrogens with one attached hydrogen (secondary N) is 1. The lowest BCUT2D eigenvalue weighted by Gasteiger charge is -2.43. The van der Waals surface area contributed by atoms with Crippen molar-refractivity contribution in [3.63, 3.8) is 0 Å². The van der Waals surface area contributed by atoms with Gasteiger partial charge in [0.15, 0.2) is 6.10 Å². The fourth-order valence-electron chi connectivity index (χ4n) is 4.93. The molecule has 0 aromatic heterocycles. The zero-order chi connectivity index (χ0) is 24.8. The summed E-state index contributed by atoms with van der Waals surface area (Å²) in [5, 5.41) is 13.1. The van der Waals surface area contributed by atoms with Crippen LogP contribution in [-0.4, -0.2) is 61.4 Å². The Kier molecular flexibility index (Phi) is 16.3. The molecule has 0 radical (unpaired) electrons. The molecule has 192 valence electrons. The smallest absolute Gasteiger partial charge is 0.334 e. The number of aliphatic carboxylic acids is 1. The summed E-state index contributed by atoms with van der Waals surface area (Å²) in [7, 11) is -0.588. The number of hydrogen-bond acceptors (Lipinski definition) is 5. The maximum absolute atomic E-state index is 11.9. The van der Waals surface area contributed by atoms with Gasteiger partial charge in [-0.15, -0.1) is 0 Å². The Morgan fingerprint density at radius 3 is 1.66 bits per heavy atom. The first-order valence-corrected chi connectivity index (χ1v) is 17.3. The van der Waals surface area contributed by atoms with Crippen LogP contribution in [0.3, 0.4) is 0 Å². The van der Waals surface area contributed by atoms with Gasteiger partial charge in [-0.05, 0) is 42.2 Å². The van der Waals surface area contributed by atoms with E-state index in [1.165, 1.54) is 38.5 Å². The molecule has 6 nitrogen and oxygen atoms in total. The first kappa shape index (κ1) is 31.7. The molecule has 0 rings (SSSR count). The molecule has 1 atom stereocenters. The highest BCUT2D eigenvalue weighted by atomic mass is 28.4. The minimum absolute atomic E-state index is 0.379. The number of carboxylic acid groups (broad SMARTS) is 1. The van der Waals surface area contributed by atoms with Crippen molar-refractivity contribution in [2.75, 3.05) is 27.3 Å². The van der Waals surface area contributed by atoms with Gasteiger partial charge < -0.3 is 23.7 Å². The van der Waals surface area contributed by atoms with Gasteiger partial charge in [-0.25, -0.2) is 4.79 Å². The molecule has 0 aliphatic carbocycles. The van der Waals surface area contributed by atoms with Crippen LogP contribution in [0.2, 0.25) is 29.2 Å². The second kappa shape index (κ2) is 16.4. The fraction of sp³-hybridized carbons (Fsp3) is 0.958. The van der Waals surface area contributed by atoms with Crippen LogP contribution in [-0.2, 0) is 18.1 Å². The number of carbonyl (C=O) groups is 1. The Bertz CT molecular complexity index is 477. The number of hydrogen-bond donors (Lipinski definition) is 2. The van der Waals surface area contributed by atoms with Crippen molar-refractivity contribution in [3.05, 3.63) is 0 Å². The van der Waals surface area contributed by atoms with Crippen molar-refractivity contribution in [2.45, 2.75) is 122 Å². The van der Waals surface area contributed by atoms with E-state index < -0.39 is 29.0 Å². The van der Waals surface area contributed by atoms with E-state index in [2.05, 4.69) is 53.4 Å². The van der Waals surface area contributed by atoms with Gasteiger partial charge in [-0.3, -0.25) is 0 Å². The quantitative estimate of drug-likeness (QED) is 0.153. The lowest BCUT2D eigenvalue weighted by molar-refractivity contribution is -0.145. The van der Waals surface area contributed by atoms with Crippen LogP contribution in [0.15, 0.2) is 0 Å². The molecule has 0 aliphatic heterocycles. The Hall–Kier alpha value is -0.256. The average Bonchev–Trinajstić information content (AvgIpc) is 2.72. The summed E-state index contributed by atoms with van der Waals surface area (Å²) in [6.07, 6.45) is 7.64. The van der Waals surface area contributed by atoms with E-state index in [0.29, 0.717) is 23.2 Å². The Balaban J connectivity index is 4.17. The van der Waals surface area contributed by atoms with Crippen molar-refractivity contribution < 1.29 is 23.2 Å². The van der Waals surface area contributed by atoms with E-state index in [-0.39, 0.29) is 0 Å².